The molecule has 36 valence electrons. The summed E-state index contributed by atoms with van der Waals surface area (Å²) in [6.45, 7) is 0. The molecule has 0 saturated carbocycles. The zero-order valence-electron chi connectivity index (χ0n) is 3.20. The second-order valence-electron chi connectivity index (χ2n) is 0.826. The number of aromatic nitrogens is 2. The van der Waals surface area contributed by atoms with Gasteiger partial charge in [-0.25, -0.2) is 0 Å². The smallest absolute Gasteiger partial charge is 0.339 e. The van der Waals surface area contributed by atoms with Gasteiger partial charge in [-0.05, 0) is 5.10 Å². The Balaban J connectivity index is 2.96. The Morgan fingerprint density at radius 2 is 2.71 bits per heavy atom. The van der Waals surface area contributed by atoms with Crippen LogP contribution in [0.4, 0.5) is 0 Å². The second kappa shape index (κ2) is 1.74. The molecular weight excluding hydrogens is 116 g/mol. The molecule has 0 aromatic carbocycles. The first-order valence-corrected chi connectivity index (χ1v) is 2.24. The van der Waals surface area contributed by atoms with Crippen molar-refractivity contribution in [3.05, 3.63) is 6.26 Å². The third-order valence-electron chi connectivity index (χ3n) is 0.425. The van der Waals surface area contributed by atoms with Crippen molar-refractivity contribution < 1.29 is 8.73 Å². The summed E-state index contributed by atoms with van der Waals surface area (Å²) in [4.78, 5) is 0. The fourth-order valence-corrected chi connectivity index (χ4v) is 0.341. The van der Waals surface area contributed by atoms with Gasteiger partial charge >= 0.3 is 16.7 Å². The maximum Gasteiger partial charge on any atom is 0.532 e. The third-order valence-corrected chi connectivity index (χ3v) is 0.774. The topological polar surface area (TPSA) is 56.0 Å². The molecule has 5 heteroatoms. The van der Waals surface area contributed by atoms with Crippen molar-refractivity contribution in [2.45, 2.75) is 5.03 Å². The van der Waals surface area contributed by atoms with Crippen LogP contribution >= 0.6 is 0 Å². The molecule has 0 saturated heterocycles. The van der Waals surface area contributed by atoms with Crippen LogP contribution in [0, 0.1) is 0 Å². The summed E-state index contributed by atoms with van der Waals surface area (Å²) in [5.41, 5.74) is 0. The minimum absolute atomic E-state index is 0.258. The monoisotopic (exact) mass is 117 g/mol. The molecule has 1 aromatic rings. The highest BCUT2D eigenvalue weighted by atomic mass is 32.1. The summed E-state index contributed by atoms with van der Waals surface area (Å²) >= 11 is 0.258. The molecule has 0 unspecified atom stereocenters. The highest BCUT2D eigenvalue weighted by Crippen LogP contribution is 1.86. The lowest BCUT2D eigenvalue weighted by atomic mass is 11.0. The van der Waals surface area contributed by atoms with Gasteiger partial charge in [-0.1, -0.05) is 0 Å². The standard InChI is InChI=1S/C2HN2O2S/c5-7-2-1-6-4-3-2/h1H/q+1. The molecule has 0 aliphatic heterocycles. The Bertz CT molecular complexity index is 149. The van der Waals surface area contributed by atoms with Gasteiger partial charge in [0.2, 0.25) is 6.26 Å². The molecule has 0 fully saturated rings. The Morgan fingerprint density at radius 1 is 1.86 bits per heavy atom. The van der Waals surface area contributed by atoms with Crippen molar-refractivity contribution in [3.63, 3.8) is 0 Å². The van der Waals surface area contributed by atoms with E-state index in [1.54, 1.807) is 0 Å². The van der Waals surface area contributed by atoms with Gasteiger partial charge in [-0.15, -0.1) is 0 Å². The molecule has 0 N–H and O–H groups in total. The molecular formula is C2HN2O2S+. The third kappa shape index (κ3) is 0.774. The average Bonchev–Trinajstić information content (AvgIpc) is 2.14. The number of rotatable bonds is 1. The van der Waals surface area contributed by atoms with E-state index in [0.717, 1.165) is 0 Å². The maximum absolute atomic E-state index is 9.75. The Kier molecular flexibility index (Phi) is 1.08. The summed E-state index contributed by atoms with van der Waals surface area (Å²) in [6.07, 6.45) is 1.19. The summed E-state index contributed by atoms with van der Waals surface area (Å²) in [5, 5.41) is 6.58. The van der Waals surface area contributed by atoms with Crippen LogP contribution in [-0.4, -0.2) is 10.4 Å². The fourth-order valence-electron chi connectivity index (χ4n) is 0.192. The highest BCUT2D eigenvalue weighted by molar-refractivity contribution is 7.65. The van der Waals surface area contributed by atoms with Crippen LogP contribution in [-0.2, 0) is 15.9 Å². The van der Waals surface area contributed by atoms with E-state index in [4.69, 9.17) is 0 Å². The van der Waals surface area contributed by atoms with Gasteiger partial charge in [0.1, 0.15) is 0 Å². The molecule has 1 rings (SSSR count). The zero-order chi connectivity index (χ0) is 5.11. The Labute approximate surface area is 43.0 Å². The average molecular weight is 117 g/mol. The van der Waals surface area contributed by atoms with E-state index in [0.29, 0.717) is 0 Å². The lowest BCUT2D eigenvalue weighted by Gasteiger charge is -1.42. The molecule has 4 nitrogen and oxygen atoms in total. The summed E-state index contributed by atoms with van der Waals surface area (Å²) < 4.78 is 14.0. The van der Waals surface area contributed by atoms with E-state index in [2.05, 4.69) is 14.9 Å². The minimum Gasteiger partial charge on any atom is -0.339 e. The lowest BCUT2D eigenvalue weighted by molar-refractivity contribution is 0.392. The highest BCUT2D eigenvalue weighted by Gasteiger charge is 2.09. The van der Waals surface area contributed by atoms with Crippen LogP contribution < -0.4 is 0 Å². The lowest BCUT2D eigenvalue weighted by Crippen LogP contribution is -1.68. The van der Waals surface area contributed by atoms with E-state index in [1.807, 2.05) is 0 Å². The van der Waals surface area contributed by atoms with Crippen LogP contribution in [0.15, 0.2) is 15.8 Å². The maximum atomic E-state index is 9.75. The predicted octanol–water partition coefficient (Wildman–Crippen LogP) is -0.143. The second-order valence-corrected chi connectivity index (χ2v) is 1.41. The summed E-state index contributed by atoms with van der Waals surface area (Å²) in [7, 11) is 0. The molecule has 0 bridgehead atoms. The number of hydrogen-bond donors (Lipinski definition) is 0. The molecule has 0 aliphatic carbocycles. The molecule has 0 aliphatic rings. The van der Waals surface area contributed by atoms with Crippen molar-refractivity contribution in [2.24, 2.45) is 0 Å². The van der Waals surface area contributed by atoms with E-state index < -0.39 is 0 Å². The van der Waals surface area contributed by atoms with Crippen LogP contribution in [0.3, 0.4) is 0 Å². The predicted molar refractivity (Wildman–Crippen MR) is 20.6 cm³/mol. The SMILES string of the molecule is O=[S+]c1conn1. The van der Waals surface area contributed by atoms with E-state index in [9.17, 15) is 4.21 Å². The zero-order valence-corrected chi connectivity index (χ0v) is 4.01. The summed E-state index contributed by atoms with van der Waals surface area (Å²) in [6, 6.07) is 0. The van der Waals surface area contributed by atoms with Gasteiger partial charge in [0.05, 0.1) is 0 Å². The van der Waals surface area contributed by atoms with Gasteiger partial charge in [-0.3, -0.25) is 0 Å². The van der Waals surface area contributed by atoms with Crippen molar-refractivity contribution in [2.75, 3.05) is 0 Å². The normalized spacial score (nSPS) is 8.57. The van der Waals surface area contributed by atoms with Gasteiger partial charge < -0.3 is 4.52 Å². The quantitative estimate of drug-likeness (QED) is 0.480. The van der Waals surface area contributed by atoms with Crippen LogP contribution in [0.25, 0.3) is 0 Å². The summed E-state index contributed by atoms with van der Waals surface area (Å²) in [5.74, 6) is 0. The Hall–Kier alpha value is -0.840. The molecule has 0 spiro atoms. The largest absolute Gasteiger partial charge is 0.532 e. The van der Waals surface area contributed by atoms with Crippen molar-refractivity contribution >= 4 is 11.7 Å². The first-order chi connectivity index (χ1) is 3.43. The molecule has 0 atom stereocenters. The first kappa shape index (κ1) is 4.32. The molecule has 1 aromatic heterocycles. The van der Waals surface area contributed by atoms with Crippen molar-refractivity contribution in [1.82, 2.24) is 10.4 Å². The number of hydrogen-bond acceptors (Lipinski definition) is 4. The molecule has 7 heavy (non-hydrogen) atoms. The van der Waals surface area contributed by atoms with Crippen molar-refractivity contribution in [3.8, 4) is 0 Å². The Morgan fingerprint density at radius 3 is 3.00 bits per heavy atom. The number of nitrogens with zero attached hydrogens (tertiary/aromatic N) is 2. The fraction of sp³-hybridized carbons (Fsp3) is 0. The van der Waals surface area contributed by atoms with Gasteiger partial charge in [0, 0.05) is 9.48 Å². The van der Waals surface area contributed by atoms with E-state index >= 15 is 0 Å². The molecule has 1 heterocycles. The van der Waals surface area contributed by atoms with E-state index in [-0.39, 0.29) is 16.7 Å². The van der Waals surface area contributed by atoms with Crippen molar-refractivity contribution in [1.29, 1.82) is 0 Å². The molecule has 0 amide bonds. The minimum atomic E-state index is 0.258. The van der Waals surface area contributed by atoms with Gasteiger partial charge in [0.15, 0.2) is 0 Å². The molecule has 0 radical (unpaired) electrons. The first-order valence-electron chi connectivity index (χ1n) is 1.50. The van der Waals surface area contributed by atoms with Gasteiger partial charge in [-0.2, -0.15) is 0 Å². The van der Waals surface area contributed by atoms with Gasteiger partial charge in [0.25, 0.3) is 0 Å². The van der Waals surface area contributed by atoms with Crippen LogP contribution in [0.5, 0.6) is 0 Å². The van der Waals surface area contributed by atoms with Crippen LogP contribution in [0.2, 0.25) is 0 Å². The van der Waals surface area contributed by atoms with E-state index in [1.165, 1.54) is 6.26 Å². The van der Waals surface area contributed by atoms with Crippen LogP contribution in [0.1, 0.15) is 0 Å².